The minimum atomic E-state index is -0.132. The van der Waals surface area contributed by atoms with E-state index in [0.717, 1.165) is 23.5 Å². The molecule has 2 unspecified atom stereocenters. The molecule has 2 atom stereocenters. The highest BCUT2D eigenvalue weighted by Crippen LogP contribution is 2.38. The Labute approximate surface area is 162 Å². The lowest BCUT2D eigenvalue weighted by atomic mass is 9.79. The van der Waals surface area contributed by atoms with Crippen molar-refractivity contribution in [2.45, 2.75) is 58.3 Å². The van der Waals surface area contributed by atoms with Crippen molar-refractivity contribution in [2.75, 3.05) is 0 Å². The van der Waals surface area contributed by atoms with E-state index in [1.54, 1.807) is 24.1 Å². The summed E-state index contributed by atoms with van der Waals surface area (Å²) < 4.78 is 13.8. The molecule has 2 aromatic rings. The number of halogens is 1. The first-order valence-electron chi connectivity index (χ1n) is 10.3. The fraction of sp³-hybridized carbons (Fsp3) is 0.385. The molecule has 0 aromatic heterocycles. The minimum Gasteiger partial charge on any atom is -0.207 e. The zero-order chi connectivity index (χ0) is 18.8. The van der Waals surface area contributed by atoms with Gasteiger partial charge in [0.15, 0.2) is 0 Å². The summed E-state index contributed by atoms with van der Waals surface area (Å²) in [6.45, 7) is 4.16. The van der Waals surface area contributed by atoms with Crippen LogP contribution in [0.25, 0.3) is 11.1 Å². The third-order valence-corrected chi connectivity index (χ3v) is 6.38. The molecular weight excluding hydrogens is 331 g/mol. The Kier molecular flexibility index (Phi) is 5.29. The molecule has 0 bridgehead atoms. The Balaban J connectivity index is 1.45. The molecule has 0 aliphatic heterocycles. The normalized spacial score (nSPS) is 22.9. The van der Waals surface area contributed by atoms with Gasteiger partial charge in [0.05, 0.1) is 0 Å². The van der Waals surface area contributed by atoms with Gasteiger partial charge in [-0.2, -0.15) is 0 Å². The lowest BCUT2D eigenvalue weighted by molar-refractivity contribution is 0.509. The van der Waals surface area contributed by atoms with Crippen molar-refractivity contribution in [1.29, 1.82) is 0 Å². The molecule has 0 saturated carbocycles. The zero-order valence-corrected chi connectivity index (χ0v) is 16.5. The van der Waals surface area contributed by atoms with E-state index in [1.807, 2.05) is 12.1 Å². The molecule has 2 aromatic carbocycles. The smallest absolute Gasteiger partial charge is 0.126 e. The van der Waals surface area contributed by atoms with Gasteiger partial charge in [-0.05, 0) is 96.8 Å². The van der Waals surface area contributed by atoms with E-state index in [9.17, 15) is 4.39 Å². The molecule has 4 rings (SSSR count). The predicted molar refractivity (Wildman–Crippen MR) is 112 cm³/mol. The van der Waals surface area contributed by atoms with Gasteiger partial charge in [0.1, 0.15) is 5.82 Å². The summed E-state index contributed by atoms with van der Waals surface area (Å²) in [6, 6.07) is 14.2. The van der Waals surface area contributed by atoms with Gasteiger partial charge >= 0.3 is 0 Å². The van der Waals surface area contributed by atoms with Gasteiger partial charge in [-0.15, -0.1) is 0 Å². The van der Waals surface area contributed by atoms with E-state index in [4.69, 9.17) is 0 Å². The van der Waals surface area contributed by atoms with Crippen LogP contribution < -0.4 is 0 Å². The van der Waals surface area contributed by atoms with Crippen molar-refractivity contribution in [1.82, 2.24) is 0 Å². The van der Waals surface area contributed by atoms with Gasteiger partial charge in [0.2, 0.25) is 0 Å². The number of benzene rings is 2. The molecule has 140 valence electrons. The van der Waals surface area contributed by atoms with Gasteiger partial charge in [0.25, 0.3) is 0 Å². The monoisotopic (exact) mass is 360 g/mol. The number of hydrogen-bond donors (Lipinski definition) is 0. The molecule has 2 aliphatic rings. The fourth-order valence-corrected chi connectivity index (χ4v) is 4.41. The molecule has 2 aliphatic carbocycles. The molecule has 0 spiro atoms. The number of allylic oxidation sites excluding steroid dienone is 4. The third-order valence-electron chi connectivity index (χ3n) is 6.38. The quantitative estimate of drug-likeness (QED) is 0.525. The van der Waals surface area contributed by atoms with E-state index in [2.05, 4.69) is 43.3 Å². The highest BCUT2D eigenvalue weighted by Gasteiger charge is 2.20. The molecule has 0 heterocycles. The van der Waals surface area contributed by atoms with Crippen LogP contribution in [0.15, 0.2) is 65.8 Å². The Hall–Kier alpha value is -2.15. The summed E-state index contributed by atoms with van der Waals surface area (Å²) in [5.74, 6) is 1.33. The predicted octanol–water partition coefficient (Wildman–Crippen LogP) is 7.74. The standard InChI is InChI=1S/C26H29F/c1-18-3-6-20(7-4-18)21-9-11-22(12-10-21)23-13-15-24(16-14-23)25-8-5-19(2)26(27)17-25/h5-6,8-9,13-18,22H,3-4,7,10-12H2,1-2H3. The Morgan fingerprint density at radius 1 is 0.815 bits per heavy atom. The average molecular weight is 361 g/mol. The van der Waals surface area contributed by atoms with Crippen LogP contribution in [0, 0.1) is 18.7 Å². The summed E-state index contributed by atoms with van der Waals surface area (Å²) in [7, 11) is 0. The van der Waals surface area contributed by atoms with Crippen LogP contribution in [0.4, 0.5) is 4.39 Å². The van der Waals surface area contributed by atoms with Crippen molar-refractivity contribution < 1.29 is 4.39 Å². The van der Waals surface area contributed by atoms with Crippen LogP contribution in [-0.2, 0) is 0 Å². The highest BCUT2D eigenvalue weighted by atomic mass is 19.1. The molecule has 0 nitrogen and oxygen atoms in total. The second-order valence-corrected chi connectivity index (χ2v) is 8.40. The van der Waals surface area contributed by atoms with E-state index in [-0.39, 0.29) is 5.82 Å². The van der Waals surface area contributed by atoms with Gasteiger partial charge in [-0.3, -0.25) is 0 Å². The second kappa shape index (κ2) is 7.84. The van der Waals surface area contributed by atoms with Crippen molar-refractivity contribution in [3.63, 3.8) is 0 Å². The Morgan fingerprint density at radius 3 is 2.07 bits per heavy atom. The topological polar surface area (TPSA) is 0 Å². The molecule has 0 amide bonds. The van der Waals surface area contributed by atoms with E-state index in [1.165, 1.54) is 37.7 Å². The van der Waals surface area contributed by atoms with Crippen molar-refractivity contribution in [3.8, 4) is 11.1 Å². The molecular formula is C26H29F. The van der Waals surface area contributed by atoms with Gasteiger partial charge in [-0.1, -0.05) is 55.5 Å². The van der Waals surface area contributed by atoms with Crippen LogP contribution in [0.2, 0.25) is 0 Å². The number of hydrogen-bond acceptors (Lipinski definition) is 0. The third kappa shape index (κ3) is 4.08. The Bertz CT molecular complexity index is 870. The van der Waals surface area contributed by atoms with Crippen molar-refractivity contribution >= 4 is 0 Å². The molecule has 0 saturated heterocycles. The molecule has 27 heavy (non-hydrogen) atoms. The van der Waals surface area contributed by atoms with Crippen molar-refractivity contribution in [2.24, 2.45) is 5.92 Å². The lowest BCUT2D eigenvalue weighted by Crippen LogP contribution is -2.09. The summed E-state index contributed by atoms with van der Waals surface area (Å²) >= 11 is 0. The van der Waals surface area contributed by atoms with Crippen LogP contribution >= 0.6 is 0 Å². The van der Waals surface area contributed by atoms with E-state index < -0.39 is 0 Å². The van der Waals surface area contributed by atoms with E-state index >= 15 is 0 Å². The average Bonchev–Trinajstić information content (AvgIpc) is 2.71. The van der Waals surface area contributed by atoms with Crippen LogP contribution in [0.1, 0.15) is 62.5 Å². The van der Waals surface area contributed by atoms with Crippen LogP contribution in [0.5, 0.6) is 0 Å². The minimum absolute atomic E-state index is 0.132. The first-order chi connectivity index (χ1) is 13.1. The molecule has 0 N–H and O–H groups in total. The van der Waals surface area contributed by atoms with E-state index in [0.29, 0.717) is 11.5 Å². The number of rotatable bonds is 3. The zero-order valence-electron chi connectivity index (χ0n) is 16.5. The fourth-order valence-electron chi connectivity index (χ4n) is 4.41. The maximum Gasteiger partial charge on any atom is 0.126 e. The van der Waals surface area contributed by atoms with Crippen LogP contribution in [-0.4, -0.2) is 0 Å². The van der Waals surface area contributed by atoms with Gasteiger partial charge < -0.3 is 0 Å². The lowest BCUT2D eigenvalue weighted by Gasteiger charge is -2.26. The summed E-state index contributed by atoms with van der Waals surface area (Å²) in [5.41, 5.74) is 7.36. The highest BCUT2D eigenvalue weighted by molar-refractivity contribution is 5.64. The maximum absolute atomic E-state index is 13.8. The summed E-state index contributed by atoms with van der Waals surface area (Å²) in [5, 5.41) is 0. The molecule has 0 radical (unpaired) electrons. The second-order valence-electron chi connectivity index (χ2n) is 8.40. The van der Waals surface area contributed by atoms with Gasteiger partial charge in [0, 0.05) is 0 Å². The maximum atomic E-state index is 13.8. The first-order valence-corrected chi connectivity index (χ1v) is 10.3. The van der Waals surface area contributed by atoms with Gasteiger partial charge in [-0.25, -0.2) is 4.39 Å². The Morgan fingerprint density at radius 2 is 1.48 bits per heavy atom. The molecule has 1 heteroatoms. The largest absolute Gasteiger partial charge is 0.207 e. The summed E-state index contributed by atoms with van der Waals surface area (Å²) in [6.07, 6.45) is 12.4. The van der Waals surface area contributed by atoms with Crippen LogP contribution in [0.3, 0.4) is 0 Å². The first kappa shape index (κ1) is 18.2. The van der Waals surface area contributed by atoms with Crippen molar-refractivity contribution in [3.05, 3.63) is 82.7 Å². The number of aryl methyl sites for hydroxylation is 1. The SMILES string of the molecule is Cc1ccc(-c2ccc(C3CC=C(C4=CCC(C)CC4)CC3)cc2)cc1F. The molecule has 0 fully saturated rings. The summed E-state index contributed by atoms with van der Waals surface area (Å²) in [4.78, 5) is 0.